The summed E-state index contributed by atoms with van der Waals surface area (Å²) >= 11 is 0. The van der Waals surface area contributed by atoms with Crippen molar-refractivity contribution >= 4 is 16.6 Å². The van der Waals surface area contributed by atoms with E-state index in [-0.39, 0.29) is 5.82 Å². The Bertz CT molecular complexity index is 1190. The second kappa shape index (κ2) is 6.92. The summed E-state index contributed by atoms with van der Waals surface area (Å²) in [5.41, 5.74) is 9.87. The Labute approximate surface area is 176 Å². The topological polar surface area (TPSA) is 36.4 Å². The zero-order chi connectivity index (χ0) is 21.2. The molecule has 1 aromatic carbocycles. The lowest BCUT2D eigenvalue weighted by atomic mass is 9.85. The van der Waals surface area contributed by atoms with Gasteiger partial charge in [-0.15, -0.1) is 6.58 Å². The van der Waals surface area contributed by atoms with Gasteiger partial charge in [0.15, 0.2) is 0 Å². The first kappa shape index (κ1) is 19.3. The highest BCUT2D eigenvalue weighted by atomic mass is 19.1. The molecule has 0 spiro atoms. The van der Waals surface area contributed by atoms with Gasteiger partial charge in [0.25, 0.3) is 0 Å². The number of hydrogen-bond acceptors (Lipinski definition) is 3. The molecular weight excluding hydrogens is 375 g/mol. The van der Waals surface area contributed by atoms with Crippen molar-refractivity contribution in [3.05, 3.63) is 82.0 Å². The standard InChI is InChI=1S/C26H27FN2O/c1-5-8-17-15(4)29-13-20-18-10-7-9-16-14(3)21(27)12-22(25(16)18)28-26(20)23(29)11-19(17)24(30)6-2/h6,11-12,24,30H,2,4-5,7-10,13H2,1,3H3. The first-order valence-electron chi connectivity index (χ1n) is 10.8. The van der Waals surface area contributed by atoms with Crippen LogP contribution in [0.5, 0.6) is 0 Å². The van der Waals surface area contributed by atoms with Crippen molar-refractivity contribution in [1.29, 1.82) is 0 Å². The first-order valence-corrected chi connectivity index (χ1v) is 10.8. The predicted molar refractivity (Wildman–Crippen MR) is 119 cm³/mol. The predicted octanol–water partition coefficient (Wildman–Crippen LogP) is 5.50. The summed E-state index contributed by atoms with van der Waals surface area (Å²) in [4.78, 5) is 7.17. The van der Waals surface area contributed by atoms with Crippen molar-refractivity contribution < 1.29 is 9.50 Å². The second-order valence-electron chi connectivity index (χ2n) is 8.55. The molecule has 1 N–H and O–H groups in total. The number of aliphatic hydroxyl groups excluding tert-OH is 1. The minimum atomic E-state index is -0.743. The van der Waals surface area contributed by atoms with Crippen LogP contribution < -0.4 is 0 Å². The molecule has 0 amide bonds. The normalized spacial score (nSPS) is 18.5. The van der Waals surface area contributed by atoms with Crippen LogP contribution in [0.4, 0.5) is 4.39 Å². The van der Waals surface area contributed by atoms with Crippen LogP contribution in [0.1, 0.15) is 54.1 Å². The third kappa shape index (κ3) is 2.56. The van der Waals surface area contributed by atoms with Gasteiger partial charge in [0.1, 0.15) is 5.82 Å². The highest BCUT2D eigenvalue weighted by molar-refractivity contribution is 5.92. The minimum Gasteiger partial charge on any atom is -0.384 e. The van der Waals surface area contributed by atoms with E-state index in [4.69, 9.17) is 4.98 Å². The number of fused-ring (bicyclic) bond motifs is 4. The van der Waals surface area contributed by atoms with Crippen molar-refractivity contribution in [2.45, 2.75) is 58.6 Å². The first-order chi connectivity index (χ1) is 14.5. The molecule has 0 saturated carbocycles. The lowest BCUT2D eigenvalue weighted by Gasteiger charge is -2.31. The molecule has 5 rings (SSSR count). The number of allylic oxidation sites excluding steroid dienone is 1. The summed E-state index contributed by atoms with van der Waals surface area (Å²) in [7, 11) is 0. The molecule has 0 bridgehead atoms. The number of halogens is 1. The molecule has 30 heavy (non-hydrogen) atoms. The third-order valence-electron chi connectivity index (χ3n) is 6.88. The lowest BCUT2D eigenvalue weighted by Crippen LogP contribution is -2.23. The fourth-order valence-corrected chi connectivity index (χ4v) is 5.36. The molecule has 1 unspecified atom stereocenters. The van der Waals surface area contributed by atoms with Crippen LogP contribution in [0.15, 0.2) is 48.2 Å². The Kier molecular flexibility index (Phi) is 4.44. The molecule has 2 aromatic rings. The summed E-state index contributed by atoms with van der Waals surface area (Å²) in [5.74, 6) is -0.178. The number of rotatable bonds is 4. The van der Waals surface area contributed by atoms with Crippen LogP contribution in [0.3, 0.4) is 0 Å². The summed E-state index contributed by atoms with van der Waals surface area (Å²) in [6, 6.07) is 1.59. The van der Waals surface area contributed by atoms with Gasteiger partial charge in [-0.1, -0.05) is 26.0 Å². The SMILES string of the molecule is C=CC(O)C1=C(CCC)C(=C)N2Cc3c(nc4cc(F)c(C)c5c4c3CCC5)C2=C1. The van der Waals surface area contributed by atoms with Crippen LogP contribution in [-0.2, 0) is 19.4 Å². The Morgan fingerprint density at radius 3 is 2.80 bits per heavy atom. The molecule has 1 aliphatic carbocycles. The Balaban J connectivity index is 1.77. The molecule has 1 atom stereocenters. The van der Waals surface area contributed by atoms with E-state index < -0.39 is 6.10 Å². The van der Waals surface area contributed by atoms with Crippen molar-refractivity contribution in [2.24, 2.45) is 0 Å². The number of hydrogen-bond donors (Lipinski definition) is 1. The van der Waals surface area contributed by atoms with Crippen molar-refractivity contribution in [3.63, 3.8) is 0 Å². The average Bonchev–Trinajstić information content (AvgIpc) is 3.12. The summed E-state index contributed by atoms with van der Waals surface area (Å²) < 4.78 is 14.6. The van der Waals surface area contributed by atoms with Gasteiger partial charge in [0.2, 0.25) is 0 Å². The minimum absolute atomic E-state index is 0.178. The third-order valence-corrected chi connectivity index (χ3v) is 6.88. The molecule has 3 aliphatic rings. The molecule has 4 heteroatoms. The van der Waals surface area contributed by atoms with E-state index in [1.54, 1.807) is 12.1 Å². The van der Waals surface area contributed by atoms with Gasteiger partial charge in [-0.3, -0.25) is 0 Å². The molecule has 2 aliphatic heterocycles. The van der Waals surface area contributed by atoms with E-state index >= 15 is 0 Å². The highest BCUT2D eigenvalue weighted by Crippen LogP contribution is 2.47. The van der Waals surface area contributed by atoms with Gasteiger partial charge in [-0.05, 0) is 66.5 Å². The number of aliphatic hydroxyl groups is 1. The molecular formula is C26H27FN2O. The van der Waals surface area contributed by atoms with Gasteiger partial charge >= 0.3 is 0 Å². The van der Waals surface area contributed by atoms with Crippen molar-refractivity contribution in [2.75, 3.05) is 0 Å². The zero-order valence-corrected chi connectivity index (χ0v) is 17.7. The Morgan fingerprint density at radius 2 is 2.07 bits per heavy atom. The Hall–Kier alpha value is -2.72. The van der Waals surface area contributed by atoms with Crippen molar-refractivity contribution in [1.82, 2.24) is 9.88 Å². The van der Waals surface area contributed by atoms with E-state index in [0.717, 1.165) is 88.9 Å². The molecule has 0 radical (unpaired) electrons. The van der Waals surface area contributed by atoms with E-state index in [9.17, 15) is 9.50 Å². The van der Waals surface area contributed by atoms with Gasteiger partial charge in [-0.25, -0.2) is 9.37 Å². The second-order valence-corrected chi connectivity index (χ2v) is 8.55. The van der Waals surface area contributed by atoms with Crippen LogP contribution in [0.2, 0.25) is 0 Å². The van der Waals surface area contributed by atoms with E-state index in [0.29, 0.717) is 0 Å². The maximum atomic E-state index is 14.6. The fourth-order valence-electron chi connectivity index (χ4n) is 5.36. The number of pyridine rings is 1. The number of aryl methyl sites for hydroxylation is 2. The van der Waals surface area contributed by atoms with E-state index in [2.05, 4.69) is 25.0 Å². The molecule has 3 heterocycles. The zero-order valence-electron chi connectivity index (χ0n) is 17.7. The molecule has 0 fully saturated rings. The maximum absolute atomic E-state index is 14.6. The smallest absolute Gasteiger partial charge is 0.128 e. The quantitative estimate of drug-likeness (QED) is 0.686. The van der Waals surface area contributed by atoms with E-state index in [1.165, 1.54) is 11.1 Å². The Morgan fingerprint density at radius 1 is 1.30 bits per heavy atom. The number of benzene rings is 1. The fraction of sp³-hybridized carbons (Fsp3) is 0.346. The molecule has 3 nitrogen and oxygen atoms in total. The molecule has 154 valence electrons. The maximum Gasteiger partial charge on any atom is 0.128 e. The van der Waals surface area contributed by atoms with Gasteiger partial charge < -0.3 is 10.0 Å². The van der Waals surface area contributed by atoms with Gasteiger partial charge in [0.05, 0.1) is 29.6 Å². The average molecular weight is 403 g/mol. The number of nitrogens with zero attached hydrogens (tertiary/aromatic N) is 2. The lowest BCUT2D eigenvalue weighted by molar-refractivity contribution is 0.260. The highest BCUT2D eigenvalue weighted by Gasteiger charge is 2.36. The van der Waals surface area contributed by atoms with Crippen LogP contribution >= 0.6 is 0 Å². The monoisotopic (exact) mass is 402 g/mol. The van der Waals surface area contributed by atoms with Crippen LogP contribution in [0, 0.1) is 12.7 Å². The van der Waals surface area contributed by atoms with E-state index in [1.807, 2.05) is 13.0 Å². The summed E-state index contributed by atoms with van der Waals surface area (Å²) in [6.45, 7) is 12.9. The van der Waals surface area contributed by atoms with Crippen LogP contribution in [-0.4, -0.2) is 21.1 Å². The van der Waals surface area contributed by atoms with Crippen LogP contribution in [0.25, 0.3) is 16.6 Å². The van der Waals surface area contributed by atoms with Crippen molar-refractivity contribution in [3.8, 4) is 0 Å². The largest absolute Gasteiger partial charge is 0.384 e. The van der Waals surface area contributed by atoms with Gasteiger partial charge in [-0.2, -0.15) is 0 Å². The summed E-state index contributed by atoms with van der Waals surface area (Å²) in [5, 5.41) is 11.8. The summed E-state index contributed by atoms with van der Waals surface area (Å²) in [6.07, 6.45) is 7.61. The number of aromatic nitrogens is 1. The molecule has 1 aromatic heterocycles. The van der Waals surface area contributed by atoms with Gasteiger partial charge in [0, 0.05) is 22.7 Å². The molecule has 0 saturated heterocycles.